The van der Waals surface area contributed by atoms with Crippen LogP contribution in [0.2, 0.25) is 0 Å². The zero-order chi connectivity index (χ0) is 18.1. The van der Waals surface area contributed by atoms with Crippen molar-refractivity contribution in [2.24, 2.45) is 5.73 Å². The Kier molecular flexibility index (Phi) is 3.96. The summed E-state index contributed by atoms with van der Waals surface area (Å²) in [5.74, 6) is 0.685. The molecule has 0 bridgehead atoms. The fourth-order valence-corrected chi connectivity index (χ4v) is 2.97. The number of aromatic nitrogens is 1. The molecule has 1 atom stereocenters. The van der Waals surface area contributed by atoms with Crippen molar-refractivity contribution in [3.63, 3.8) is 0 Å². The highest BCUT2D eigenvalue weighted by Gasteiger charge is 2.33. The standard InChI is InChI=1S/C19H18N4O3/c20-18(21)13-2-1-3-14(8-13)23-10-16(26-19(23)24)11-25-15-4-5-17-12(9-15)6-7-22-17/h1-9,16,22H,10-11H2,(H3,20,21). The van der Waals surface area contributed by atoms with Crippen molar-refractivity contribution in [3.8, 4) is 5.75 Å². The topological polar surface area (TPSA) is 104 Å². The third-order valence-corrected chi connectivity index (χ3v) is 4.30. The van der Waals surface area contributed by atoms with Gasteiger partial charge in [-0.25, -0.2) is 4.79 Å². The van der Waals surface area contributed by atoms with Gasteiger partial charge < -0.3 is 20.2 Å². The molecule has 1 saturated heterocycles. The van der Waals surface area contributed by atoms with Gasteiger partial charge in [0.15, 0.2) is 6.10 Å². The first-order valence-corrected chi connectivity index (χ1v) is 8.23. The van der Waals surface area contributed by atoms with Crippen molar-refractivity contribution >= 4 is 28.5 Å². The molecule has 1 amide bonds. The first-order valence-electron chi connectivity index (χ1n) is 8.23. The number of rotatable bonds is 5. The maximum absolute atomic E-state index is 12.2. The highest BCUT2D eigenvalue weighted by Crippen LogP contribution is 2.24. The molecule has 1 aliphatic heterocycles. The van der Waals surface area contributed by atoms with Crippen LogP contribution >= 0.6 is 0 Å². The van der Waals surface area contributed by atoms with Crippen LogP contribution in [-0.2, 0) is 4.74 Å². The van der Waals surface area contributed by atoms with Gasteiger partial charge in [0.05, 0.1) is 6.54 Å². The first kappa shape index (κ1) is 16.0. The molecule has 4 N–H and O–H groups in total. The van der Waals surface area contributed by atoms with Gasteiger partial charge in [0.2, 0.25) is 0 Å². The Morgan fingerprint density at radius 1 is 1.31 bits per heavy atom. The van der Waals surface area contributed by atoms with E-state index in [1.54, 1.807) is 24.3 Å². The Balaban J connectivity index is 1.42. The second kappa shape index (κ2) is 6.44. The van der Waals surface area contributed by atoms with E-state index in [1.165, 1.54) is 4.90 Å². The van der Waals surface area contributed by atoms with Crippen LogP contribution in [0.1, 0.15) is 5.56 Å². The molecule has 1 fully saturated rings. The summed E-state index contributed by atoms with van der Waals surface area (Å²) in [7, 11) is 0. The van der Waals surface area contributed by atoms with Crippen molar-refractivity contribution in [2.45, 2.75) is 6.10 Å². The highest BCUT2D eigenvalue weighted by molar-refractivity contribution is 5.97. The molecule has 0 radical (unpaired) electrons. The smallest absolute Gasteiger partial charge is 0.414 e. The largest absolute Gasteiger partial charge is 0.490 e. The molecular formula is C19H18N4O3. The Morgan fingerprint density at radius 2 is 2.19 bits per heavy atom. The van der Waals surface area contributed by atoms with Gasteiger partial charge >= 0.3 is 6.09 Å². The van der Waals surface area contributed by atoms with E-state index in [0.717, 1.165) is 16.7 Å². The van der Waals surface area contributed by atoms with Crippen LogP contribution in [0.3, 0.4) is 0 Å². The molecule has 1 aliphatic rings. The summed E-state index contributed by atoms with van der Waals surface area (Å²) in [4.78, 5) is 16.8. The number of nitrogens with zero attached hydrogens (tertiary/aromatic N) is 1. The van der Waals surface area contributed by atoms with Gasteiger partial charge in [-0.15, -0.1) is 0 Å². The summed E-state index contributed by atoms with van der Waals surface area (Å²) < 4.78 is 11.2. The number of carbonyl (C=O) groups is 1. The van der Waals surface area contributed by atoms with Gasteiger partial charge in [-0.1, -0.05) is 12.1 Å². The molecule has 0 saturated carbocycles. The van der Waals surface area contributed by atoms with Crippen molar-refractivity contribution < 1.29 is 14.3 Å². The maximum atomic E-state index is 12.2. The second-order valence-electron chi connectivity index (χ2n) is 6.12. The lowest BCUT2D eigenvalue weighted by Crippen LogP contribution is -2.27. The van der Waals surface area contributed by atoms with Crippen LogP contribution in [0.15, 0.2) is 54.7 Å². The Labute approximate surface area is 149 Å². The average molecular weight is 350 g/mol. The van der Waals surface area contributed by atoms with Crippen LogP contribution in [0.4, 0.5) is 10.5 Å². The zero-order valence-corrected chi connectivity index (χ0v) is 13.9. The van der Waals surface area contributed by atoms with Gasteiger partial charge in [0, 0.05) is 28.4 Å². The summed E-state index contributed by atoms with van der Waals surface area (Å²) in [5, 5.41) is 8.58. The number of cyclic esters (lactones) is 1. The zero-order valence-electron chi connectivity index (χ0n) is 13.9. The number of nitrogen functional groups attached to an aromatic ring is 1. The number of H-pyrrole nitrogens is 1. The predicted molar refractivity (Wildman–Crippen MR) is 98.9 cm³/mol. The van der Waals surface area contributed by atoms with Gasteiger partial charge in [-0.05, 0) is 36.4 Å². The molecule has 2 heterocycles. The molecule has 26 heavy (non-hydrogen) atoms. The number of aromatic amines is 1. The fraction of sp³-hybridized carbons (Fsp3) is 0.158. The lowest BCUT2D eigenvalue weighted by atomic mass is 10.1. The quantitative estimate of drug-likeness (QED) is 0.486. The van der Waals surface area contributed by atoms with E-state index in [-0.39, 0.29) is 18.5 Å². The number of nitrogens with one attached hydrogen (secondary N) is 2. The van der Waals surface area contributed by atoms with Gasteiger partial charge in [-0.3, -0.25) is 10.3 Å². The van der Waals surface area contributed by atoms with E-state index in [9.17, 15) is 4.79 Å². The van der Waals surface area contributed by atoms with Crippen LogP contribution in [0.5, 0.6) is 5.75 Å². The minimum atomic E-state index is -0.430. The molecule has 1 unspecified atom stereocenters. The summed E-state index contributed by atoms with van der Waals surface area (Å²) in [6.07, 6.45) is 1.08. The van der Waals surface area contributed by atoms with E-state index < -0.39 is 6.09 Å². The van der Waals surface area contributed by atoms with E-state index in [4.69, 9.17) is 20.6 Å². The monoisotopic (exact) mass is 350 g/mol. The molecule has 4 rings (SSSR count). The molecular weight excluding hydrogens is 332 g/mol. The minimum Gasteiger partial charge on any atom is -0.490 e. The molecule has 132 valence electrons. The predicted octanol–water partition coefficient (Wildman–Crippen LogP) is 2.86. The van der Waals surface area contributed by atoms with Crippen molar-refractivity contribution in [3.05, 3.63) is 60.3 Å². The highest BCUT2D eigenvalue weighted by atomic mass is 16.6. The number of nitrogens with two attached hydrogens (primary N) is 1. The van der Waals surface area contributed by atoms with Crippen molar-refractivity contribution in [1.29, 1.82) is 5.41 Å². The molecule has 7 heteroatoms. The number of amidine groups is 1. The molecule has 2 aromatic carbocycles. The molecule has 1 aromatic heterocycles. The number of hydrogen-bond donors (Lipinski definition) is 3. The fourth-order valence-electron chi connectivity index (χ4n) is 2.97. The number of hydrogen-bond acceptors (Lipinski definition) is 4. The Morgan fingerprint density at radius 3 is 3.04 bits per heavy atom. The van der Waals surface area contributed by atoms with Crippen LogP contribution in [0.25, 0.3) is 10.9 Å². The third kappa shape index (κ3) is 3.06. The maximum Gasteiger partial charge on any atom is 0.414 e. The number of carbonyl (C=O) groups excluding carboxylic acids is 1. The lowest BCUT2D eigenvalue weighted by Gasteiger charge is -2.14. The second-order valence-corrected chi connectivity index (χ2v) is 6.12. The van der Waals surface area contributed by atoms with E-state index >= 15 is 0 Å². The Hall–Kier alpha value is -3.48. The SMILES string of the molecule is N=C(N)c1cccc(N2CC(COc3ccc4[nH]ccc4c3)OC2=O)c1. The van der Waals surface area contributed by atoms with Crippen molar-refractivity contribution in [2.75, 3.05) is 18.1 Å². The van der Waals surface area contributed by atoms with E-state index in [0.29, 0.717) is 17.8 Å². The lowest BCUT2D eigenvalue weighted by molar-refractivity contribution is 0.105. The summed E-state index contributed by atoms with van der Waals surface area (Å²) in [5.41, 5.74) is 7.77. The summed E-state index contributed by atoms with van der Waals surface area (Å²) >= 11 is 0. The average Bonchev–Trinajstić information content (AvgIpc) is 3.25. The van der Waals surface area contributed by atoms with E-state index in [1.807, 2.05) is 30.5 Å². The minimum absolute atomic E-state index is 0.0422. The summed E-state index contributed by atoms with van der Waals surface area (Å²) in [6, 6.07) is 14.7. The normalized spacial score (nSPS) is 16.7. The number of fused-ring (bicyclic) bond motifs is 1. The van der Waals surface area contributed by atoms with Gasteiger partial charge in [-0.2, -0.15) is 0 Å². The van der Waals surface area contributed by atoms with Gasteiger partial charge in [0.1, 0.15) is 18.2 Å². The van der Waals surface area contributed by atoms with Crippen molar-refractivity contribution in [1.82, 2.24) is 4.98 Å². The molecule has 3 aromatic rings. The number of ether oxygens (including phenoxy) is 2. The number of benzene rings is 2. The molecule has 0 aliphatic carbocycles. The van der Waals surface area contributed by atoms with Crippen LogP contribution in [-0.4, -0.2) is 36.2 Å². The number of anilines is 1. The third-order valence-electron chi connectivity index (χ3n) is 4.30. The van der Waals surface area contributed by atoms with Gasteiger partial charge in [0.25, 0.3) is 0 Å². The van der Waals surface area contributed by atoms with Crippen LogP contribution in [0, 0.1) is 5.41 Å². The van der Waals surface area contributed by atoms with E-state index in [2.05, 4.69) is 4.98 Å². The Bertz CT molecular complexity index is 982. The number of amides is 1. The van der Waals surface area contributed by atoms with Crippen LogP contribution < -0.4 is 15.4 Å². The molecule has 0 spiro atoms. The first-order chi connectivity index (χ1) is 12.6. The summed E-state index contributed by atoms with van der Waals surface area (Å²) in [6.45, 7) is 0.650. The molecule has 7 nitrogen and oxygen atoms in total.